The fraction of sp³-hybridized carbons (Fsp3) is 1.00. The van der Waals surface area contributed by atoms with E-state index in [1.165, 1.54) is 0 Å². The second-order valence-electron chi connectivity index (χ2n) is 4.75. The fourth-order valence-corrected chi connectivity index (χ4v) is 2.03. The van der Waals surface area contributed by atoms with E-state index in [4.69, 9.17) is 14.4 Å². The van der Waals surface area contributed by atoms with Gasteiger partial charge in [0.2, 0.25) is 0 Å². The Labute approximate surface area is 122 Å². The number of hydrogen-bond donors (Lipinski definition) is 0. The first-order chi connectivity index (χ1) is 9.29. The molecule has 0 fully saturated rings. The maximum atomic E-state index is 5.87. The lowest BCUT2D eigenvalue weighted by atomic mass is 10.4. The lowest BCUT2D eigenvalue weighted by Crippen LogP contribution is -2.38. The SMILES string of the molecule is CCCCOC(C[SiH3])N(OCCCC)OCCCC. The molecular weight excluding hydrogens is 258 g/mol. The van der Waals surface area contributed by atoms with Gasteiger partial charge in [0.15, 0.2) is 6.23 Å². The van der Waals surface area contributed by atoms with Gasteiger partial charge in [-0.15, -0.1) is 0 Å². The summed E-state index contributed by atoms with van der Waals surface area (Å²) in [7, 11) is 1.08. The van der Waals surface area contributed by atoms with Crippen molar-refractivity contribution in [3.05, 3.63) is 0 Å². The van der Waals surface area contributed by atoms with Crippen LogP contribution in [-0.4, -0.2) is 41.5 Å². The molecule has 0 spiro atoms. The minimum Gasteiger partial charge on any atom is -0.359 e. The molecule has 19 heavy (non-hydrogen) atoms. The number of unbranched alkanes of at least 4 members (excludes halogenated alkanes) is 3. The van der Waals surface area contributed by atoms with E-state index in [-0.39, 0.29) is 6.23 Å². The normalized spacial score (nSPS) is 13.3. The molecule has 4 nitrogen and oxygen atoms in total. The van der Waals surface area contributed by atoms with Gasteiger partial charge < -0.3 is 4.74 Å². The second kappa shape index (κ2) is 14.5. The maximum absolute atomic E-state index is 5.87. The van der Waals surface area contributed by atoms with E-state index in [2.05, 4.69) is 20.8 Å². The van der Waals surface area contributed by atoms with Gasteiger partial charge in [-0.25, -0.2) is 0 Å². The van der Waals surface area contributed by atoms with Crippen LogP contribution in [0.1, 0.15) is 59.3 Å². The number of nitrogens with zero attached hydrogens (tertiary/aromatic N) is 1. The minimum absolute atomic E-state index is 0.0353. The highest BCUT2D eigenvalue weighted by Gasteiger charge is 2.19. The smallest absolute Gasteiger partial charge is 0.157 e. The van der Waals surface area contributed by atoms with Gasteiger partial charge in [-0.1, -0.05) is 40.0 Å². The van der Waals surface area contributed by atoms with Crippen LogP contribution in [0.3, 0.4) is 0 Å². The summed E-state index contributed by atoms with van der Waals surface area (Å²) in [6.07, 6.45) is 6.58. The molecule has 0 saturated heterocycles. The van der Waals surface area contributed by atoms with Gasteiger partial charge >= 0.3 is 0 Å². The third-order valence-corrected chi connectivity index (χ3v) is 3.52. The Hall–Kier alpha value is 0.0569. The van der Waals surface area contributed by atoms with Crippen LogP contribution in [0.15, 0.2) is 0 Å². The molecule has 1 atom stereocenters. The summed E-state index contributed by atoms with van der Waals surface area (Å²) >= 11 is 0. The molecule has 0 amide bonds. The lowest BCUT2D eigenvalue weighted by molar-refractivity contribution is -0.420. The minimum atomic E-state index is -0.0353. The zero-order chi connectivity index (χ0) is 14.3. The fourth-order valence-electron chi connectivity index (χ4n) is 1.49. The Balaban J connectivity index is 4.13. The average molecular weight is 292 g/mol. The highest BCUT2D eigenvalue weighted by atomic mass is 28.1. The van der Waals surface area contributed by atoms with E-state index < -0.39 is 0 Å². The highest BCUT2D eigenvalue weighted by Crippen LogP contribution is 2.10. The molecule has 0 heterocycles. The van der Waals surface area contributed by atoms with Gasteiger partial charge in [-0.2, -0.15) is 0 Å². The monoisotopic (exact) mass is 291 g/mol. The van der Waals surface area contributed by atoms with E-state index in [1.807, 2.05) is 0 Å². The van der Waals surface area contributed by atoms with E-state index in [0.29, 0.717) is 13.2 Å². The summed E-state index contributed by atoms with van der Waals surface area (Å²) < 4.78 is 5.87. The summed E-state index contributed by atoms with van der Waals surface area (Å²) in [4.78, 5) is 11.4. The molecule has 0 aliphatic heterocycles. The van der Waals surface area contributed by atoms with Crippen molar-refractivity contribution >= 4 is 10.2 Å². The van der Waals surface area contributed by atoms with E-state index in [9.17, 15) is 0 Å². The third-order valence-electron chi connectivity index (χ3n) is 2.83. The topological polar surface area (TPSA) is 30.9 Å². The van der Waals surface area contributed by atoms with Crippen LogP contribution in [0.2, 0.25) is 6.04 Å². The summed E-state index contributed by atoms with van der Waals surface area (Å²) in [6.45, 7) is 8.69. The highest BCUT2D eigenvalue weighted by molar-refractivity contribution is 6.08. The molecule has 0 aliphatic carbocycles. The zero-order valence-corrected chi connectivity index (χ0v) is 15.3. The van der Waals surface area contributed by atoms with Crippen LogP contribution in [0.4, 0.5) is 0 Å². The first kappa shape index (κ1) is 19.1. The molecule has 0 rings (SSSR count). The van der Waals surface area contributed by atoms with Crippen LogP contribution in [0, 0.1) is 0 Å². The van der Waals surface area contributed by atoms with Crippen LogP contribution >= 0.6 is 0 Å². The summed E-state index contributed by atoms with van der Waals surface area (Å²) in [5.74, 6) is 0. The zero-order valence-electron chi connectivity index (χ0n) is 13.3. The number of ether oxygens (including phenoxy) is 1. The molecule has 1 unspecified atom stereocenters. The molecule has 0 N–H and O–H groups in total. The van der Waals surface area contributed by atoms with Crippen molar-refractivity contribution in [1.82, 2.24) is 5.23 Å². The Morgan fingerprint density at radius 1 is 0.842 bits per heavy atom. The quantitative estimate of drug-likeness (QED) is 0.213. The molecule has 0 aliphatic rings. The predicted octanol–water partition coefficient (Wildman–Crippen LogP) is 2.68. The first-order valence-corrected chi connectivity index (χ1v) is 9.38. The Bertz CT molecular complexity index is 174. The standard InChI is InChI=1S/C14H33NO3Si/c1-4-7-10-16-14(13-19)15(17-11-8-5-2)18-12-9-6-3/h14H,4-13H2,1-3,19H3. The van der Waals surface area contributed by atoms with Gasteiger partial charge in [-0.3, -0.25) is 9.68 Å². The largest absolute Gasteiger partial charge is 0.359 e. The number of hydrogen-bond acceptors (Lipinski definition) is 4. The van der Waals surface area contributed by atoms with E-state index in [0.717, 1.165) is 61.4 Å². The van der Waals surface area contributed by atoms with Gasteiger partial charge in [0.05, 0.1) is 13.2 Å². The van der Waals surface area contributed by atoms with Crippen molar-refractivity contribution < 1.29 is 14.4 Å². The van der Waals surface area contributed by atoms with Crippen molar-refractivity contribution in [2.45, 2.75) is 71.6 Å². The summed E-state index contributed by atoms with van der Waals surface area (Å²) in [6, 6.07) is 1.00. The lowest BCUT2D eigenvalue weighted by Gasteiger charge is -2.28. The molecule has 0 saturated carbocycles. The van der Waals surface area contributed by atoms with Crippen LogP contribution in [-0.2, 0) is 14.4 Å². The van der Waals surface area contributed by atoms with Crippen molar-refractivity contribution in [2.24, 2.45) is 0 Å². The van der Waals surface area contributed by atoms with E-state index >= 15 is 0 Å². The number of hydroxylamine groups is 2. The Kier molecular flexibility index (Phi) is 14.5. The van der Waals surface area contributed by atoms with E-state index in [1.54, 1.807) is 5.23 Å². The van der Waals surface area contributed by atoms with Crippen molar-refractivity contribution in [3.63, 3.8) is 0 Å². The Morgan fingerprint density at radius 2 is 1.32 bits per heavy atom. The van der Waals surface area contributed by atoms with Crippen LogP contribution in [0.5, 0.6) is 0 Å². The van der Waals surface area contributed by atoms with Gasteiger partial charge in [0.25, 0.3) is 0 Å². The Morgan fingerprint density at radius 3 is 1.74 bits per heavy atom. The molecule has 0 aromatic carbocycles. The molecule has 0 bridgehead atoms. The molecule has 5 heteroatoms. The predicted molar refractivity (Wildman–Crippen MR) is 83.0 cm³/mol. The van der Waals surface area contributed by atoms with Crippen LogP contribution in [0.25, 0.3) is 0 Å². The molecule has 0 aromatic rings. The van der Waals surface area contributed by atoms with Crippen molar-refractivity contribution in [2.75, 3.05) is 19.8 Å². The average Bonchev–Trinajstić information content (AvgIpc) is 2.43. The first-order valence-electron chi connectivity index (χ1n) is 7.96. The van der Waals surface area contributed by atoms with Crippen molar-refractivity contribution in [1.29, 1.82) is 0 Å². The molecule has 116 valence electrons. The molecule has 0 radical (unpaired) electrons. The summed E-state index contributed by atoms with van der Waals surface area (Å²) in [5.41, 5.74) is 0. The summed E-state index contributed by atoms with van der Waals surface area (Å²) in [5, 5.41) is 1.62. The third kappa shape index (κ3) is 10.5. The molecule has 0 aromatic heterocycles. The van der Waals surface area contributed by atoms with Gasteiger partial charge in [0, 0.05) is 16.8 Å². The van der Waals surface area contributed by atoms with Gasteiger partial charge in [0.1, 0.15) is 0 Å². The molecular formula is C14H33NO3Si. The van der Waals surface area contributed by atoms with Crippen molar-refractivity contribution in [3.8, 4) is 0 Å². The van der Waals surface area contributed by atoms with Crippen LogP contribution < -0.4 is 0 Å². The number of rotatable bonds is 14. The maximum Gasteiger partial charge on any atom is 0.157 e. The van der Waals surface area contributed by atoms with Gasteiger partial charge in [-0.05, 0) is 30.5 Å². The second-order valence-corrected chi connectivity index (χ2v) is 5.56.